The Morgan fingerprint density at radius 1 is 1.42 bits per heavy atom. The van der Waals surface area contributed by atoms with E-state index in [-0.39, 0.29) is 18.1 Å². The molecule has 0 aliphatic carbocycles. The zero-order valence-corrected chi connectivity index (χ0v) is 6.96. The first-order valence-electron chi connectivity index (χ1n) is 4.16. The number of rotatable bonds is 3. The van der Waals surface area contributed by atoms with Crippen LogP contribution in [-0.2, 0) is 0 Å². The van der Waals surface area contributed by atoms with Gasteiger partial charge in [0.1, 0.15) is 0 Å². The smallest absolute Gasteiger partial charge is 0.0924 e. The van der Waals surface area contributed by atoms with Crippen molar-refractivity contribution < 1.29 is 0 Å². The Labute approximate surface area is 72.1 Å². The van der Waals surface area contributed by atoms with Crippen molar-refractivity contribution in [2.24, 2.45) is 17.4 Å². The third-order valence-corrected chi connectivity index (χ3v) is 2.12. The van der Waals surface area contributed by atoms with E-state index >= 15 is 0 Å². The average molecular weight is 169 g/mol. The molecule has 3 atom stereocenters. The molecule has 68 valence electrons. The van der Waals surface area contributed by atoms with Crippen LogP contribution in [0.3, 0.4) is 0 Å². The second-order valence-electron chi connectivity index (χ2n) is 3.01. The lowest BCUT2D eigenvalue weighted by Gasteiger charge is -2.12. The van der Waals surface area contributed by atoms with E-state index in [1.165, 1.54) is 0 Å². The summed E-state index contributed by atoms with van der Waals surface area (Å²) in [4.78, 5) is 0. The van der Waals surface area contributed by atoms with Crippen LogP contribution in [0.2, 0.25) is 0 Å². The zero-order valence-electron chi connectivity index (χ0n) is 6.96. The number of nitrogens with one attached hydrogen (secondary N) is 2. The van der Waals surface area contributed by atoms with Gasteiger partial charge in [0, 0.05) is 6.04 Å². The van der Waals surface area contributed by atoms with Crippen LogP contribution in [0.4, 0.5) is 0 Å². The van der Waals surface area contributed by atoms with Crippen LogP contribution in [0.1, 0.15) is 12.8 Å². The van der Waals surface area contributed by atoms with E-state index in [9.17, 15) is 0 Å². The maximum absolute atomic E-state index is 8.76. The first-order chi connectivity index (χ1) is 5.79. The standard InChI is InChI=1S/C7H15N5/c8-3-1-2-6-5(4-9)7(10)12-11-6/h5-7,11-12H,1-3,8,10H2. The Kier molecular flexibility index (Phi) is 3.44. The second kappa shape index (κ2) is 4.38. The van der Waals surface area contributed by atoms with Crippen LogP contribution >= 0.6 is 0 Å². The van der Waals surface area contributed by atoms with Gasteiger partial charge in [-0.05, 0) is 19.4 Å². The number of hydrogen-bond acceptors (Lipinski definition) is 5. The molecule has 1 rings (SSSR count). The predicted molar refractivity (Wildman–Crippen MR) is 45.4 cm³/mol. The Morgan fingerprint density at radius 2 is 2.17 bits per heavy atom. The number of nitriles is 1. The maximum atomic E-state index is 8.76. The van der Waals surface area contributed by atoms with Crippen LogP contribution in [0.25, 0.3) is 0 Å². The highest BCUT2D eigenvalue weighted by atomic mass is 15.4. The number of nitrogens with zero attached hydrogens (tertiary/aromatic N) is 1. The highest BCUT2D eigenvalue weighted by Gasteiger charge is 2.32. The van der Waals surface area contributed by atoms with Crippen LogP contribution in [-0.4, -0.2) is 18.8 Å². The van der Waals surface area contributed by atoms with Crippen LogP contribution < -0.4 is 22.3 Å². The predicted octanol–water partition coefficient (Wildman–Crippen LogP) is -1.37. The van der Waals surface area contributed by atoms with Crippen molar-refractivity contribution in [3.8, 4) is 6.07 Å². The monoisotopic (exact) mass is 169 g/mol. The van der Waals surface area contributed by atoms with Gasteiger partial charge in [-0.2, -0.15) is 5.26 Å². The van der Waals surface area contributed by atoms with E-state index < -0.39 is 0 Å². The molecule has 5 heteroatoms. The highest BCUT2D eigenvalue weighted by Crippen LogP contribution is 2.14. The molecule has 0 aromatic rings. The number of hydrazine groups is 1. The minimum absolute atomic E-state index is 0.142. The third-order valence-electron chi connectivity index (χ3n) is 2.12. The molecule has 1 fully saturated rings. The molecule has 0 spiro atoms. The zero-order chi connectivity index (χ0) is 8.97. The molecule has 0 bridgehead atoms. The van der Waals surface area contributed by atoms with Gasteiger partial charge < -0.3 is 11.5 Å². The summed E-state index contributed by atoms with van der Waals surface area (Å²) in [6.45, 7) is 0.658. The summed E-state index contributed by atoms with van der Waals surface area (Å²) < 4.78 is 0. The molecule has 1 aliphatic rings. The van der Waals surface area contributed by atoms with Crippen molar-refractivity contribution in [2.45, 2.75) is 25.0 Å². The molecule has 3 unspecified atom stereocenters. The highest BCUT2D eigenvalue weighted by molar-refractivity contribution is 5.00. The second-order valence-corrected chi connectivity index (χ2v) is 3.01. The fraction of sp³-hybridized carbons (Fsp3) is 0.857. The molecule has 0 aromatic carbocycles. The number of hydrogen-bond donors (Lipinski definition) is 4. The van der Waals surface area contributed by atoms with E-state index in [4.69, 9.17) is 16.7 Å². The molecule has 12 heavy (non-hydrogen) atoms. The van der Waals surface area contributed by atoms with Crippen LogP contribution in [0, 0.1) is 17.2 Å². The van der Waals surface area contributed by atoms with Crippen LogP contribution in [0.15, 0.2) is 0 Å². The van der Waals surface area contributed by atoms with Gasteiger partial charge >= 0.3 is 0 Å². The summed E-state index contributed by atoms with van der Waals surface area (Å²) in [5.74, 6) is -0.142. The Balaban J connectivity index is 2.39. The lowest BCUT2D eigenvalue weighted by Crippen LogP contribution is -2.38. The molecule has 0 saturated carbocycles. The Hall–Kier alpha value is -0.670. The van der Waals surface area contributed by atoms with Gasteiger partial charge in [-0.1, -0.05) is 0 Å². The molecular weight excluding hydrogens is 154 g/mol. The van der Waals surface area contributed by atoms with E-state index in [1.807, 2.05) is 0 Å². The molecule has 1 heterocycles. The van der Waals surface area contributed by atoms with Gasteiger partial charge in [0.25, 0.3) is 0 Å². The fourth-order valence-electron chi connectivity index (χ4n) is 1.39. The molecule has 1 saturated heterocycles. The molecular formula is C7H15N5. The molecule has 6 N–H and O–H groups in total. The van der Waals surface area contributed by atoms with Gasteiger partial charge in [-0.15, -0.1) is 0 Å². The van der Waals surface area contributed by atoms with Crippen molar-refractivity contribution >= 4 is 0 Å². The summed E-state index contributed by atoms with van der Waals surface area (Å²) >= 11 is 0. The van der Waals surface area contributed by atoms with Gasteiger partial charge in [-0.25, -0.2) is 5.43 Å². The Bertz CT molecular complexity index is 175. The summed E-state index contributed by atoms with van der Waals surface area (Å²) in [7, 11) is 0. The Morgan fingerprint density at radius 3 is 2.75 bits per heavy atom. The minimum Gasteiger partial charge on any atom is -0.330 e. The van der Waals surface area contributed by atoms with Crippen LogP contribution in [0.5, 0.6) is 0 Å². The van der Waals surface area contributed by atoms with E-state index in [2.05, 4.69) is 16.9 Å². The maximum Gasteiger partial charge on any atom is 0.0924 e. The SMILES string of the molecule is N#CC1C(N)NNC1CCCN. The molecule has 5 nitrogen and oxygen atoms in total. The summed E-state index contributed by atoms with van der Waals surface area (Å²) in [5.41, 5.74) is 16.8. The van der Waals surface area contributed by atoms with Crippen molar-refractivity contribution in [2.75, 3.05) is 6.54 Å². The quantitative estimate of drug-likeness (QED) is 0.417. The number of nitrogens with two attached hydrogens (primary N) is 2. The van der Waals surface area contributed by atoms with Crippen molar-refractivity contribution in [1.29, 1.82) is 5.26 Å². The van der Waals surface area contributed by atoms with Gasteiger partial charge in [-0.3, -0.25) is 5.43 Å². The molecule has 0 aromatic heterocycles. The summed E-state index contributed by atoms with van der Waals surface area (Å²) in [6.07, 6.45) is 1.57. The van der Waals surface area contributed by atoms with Gasteiger partial charge in [0.2, 0.25) is 0 Å². The van der Waals surface area contributed by atoms with E-state index in [1.54, 1.807) is 0 Å². The summed E-state index contributed by atoms with van der Waals surface area (Å²) in [5, 5.41) is 8.76. The van der Waals surface area contributed by atoms with E-state index in [0.717, 1.165) is 12.8 Å². The molecule has 0 radical (unpaired) electrons. The lowest BCUT2D eigenvalue weighted by atomic mass is 9.97. The first kappa shape index (κ1) is 9.42. The van der Waals surface area contributed by atoms with Crippen molar-refractivity contribution in [3.63, 3.8) is 0 Å². The topological polar surface area (TPSA) is 99.9 Å². The molecule has 0 amide bonds. The van der Waals surface area contributed by atoms with Gasteiger partial charge in [0.05, 0.1) is 18.2 Å². The van der Waals surface area contributed by atoms with Crippen molar-refractivity contribution in [3.05, 3.63) is 0 Å². The average Bonchev–Trinajstić information content (AvgIpc) is 2.43. The van der Waals surface area contributed by atoms with Crippen molar-refractivity contribution in [1.82, 2.24) is 10.9 Å². The van der Waals surface area contributed by atoms with Gasteiger partial charge in [0.15, 0.2) is 0 Å². The first-order valence-corrected chi connectivity index (χ1v) is 4.16. The largest absolute Gasteiger partial charge is 0.330 e. The minimum atomic E-state index is -0.252. The van der Waals surface area contributed by atoms with E-state index in [0.29, 0.717) is 6.54 Å². The third kappa shape index (κ3) is 1.93. The lowest BCUT2D eigenvalue weighted by molar-refractivity contribution is 0.465. The summed E-state index contributed by atoms with van der Waals surface area (Å²) in [6, 6.07) is 2.33. The normalized spacial score (nSPS) is 34.9. The fourth-order valence-corrected chi connectivity index (χ4v) is 1.39. The molecule has 1 aliphatic heterocycles.